The first-order valence-electron chi connectivity index (χ1n) is 7.26. The normalized spacial score (nSPS) is 17.1. The number of carboxylic acid groups (broad SMARTS) is 1. The maximum Gasteiger partial charge on any atom is 0.328 e. The molecule has 1 aliphatic heterocycles. The van der Waals surface area contributed by atoms with E-state index in [0.717, 1.165) is 31.6 Å². The number of hydrogen-bond donors (Lipinski definition) is 3. The molecule has 1 saturated heterocycles. The lowest BCUT2D eigenvalue weighted by atomic mass is 10.2. The van der Waals surface area contributed by atoms with Crippen molar-refractivity contribution in [3.8, 4) is 0 Å². The molecule has 1 unspecified atom stereocenters. The van der Waals surface area contributed by atoms with Crippen LogP contribution in [0.25, 0.3) is 0 Å². The number of rotatable bonds is 6. The topological polar surface area (TPSA) is 105 Å². The van der Waals surface area contributed by atoms with E-state index in [1.54, 1.807) is 24.3 Å². The van der Waals surface area contributed by atoms with E-state index in [-0.39, 0.29) is 12.0 Å². The van der Waals surface area contributed by atoms with E-state index in [1.807, 2.05) is 0 Å². The van der Waals surface area contributed by atoms with Crippen molar-refractivity contribution in [3.63, 3.8) is 0 Å². The molecule has 0 aromatic heterocycles. The third-order valence-electron chi connectivity index (χ3n) is 3.31. The maximum absolute atomic E-state index is 12.0. The summed E-state index contributed by atoms with van der Waals surface area (Å²) in [4.78, 5) is 33.7. The molecule has 0 saturated carbocycles. The minimum Gasteiger partial charge on any atom is -0.478 e. The van der Waals surface area contributed by atoms with Gasteiger partial charge in [-0.05, 0) is 37.1 Å². The van der Waals surface area contributed by atoms with Crippen LogP contribution in [-0.2, 0) is 14.3 Å². The lowest BCUT2D eigenvalue weighted by molar-refractivity contribution is -0.131. The number of carbonyl (C=O) groups excluding carboxylic acids is 2. The van der Waals surface area contributed by atoms with Crippen molar-refractivity contribution in [1.29, 1.82) is 0 Å². The molecule has 1 aromatic carbocycles. The van der Waals surface area contributed by atoms with Crippen molar-refractivity contribution >= 4 is 23.5 Å². The summed E-state index contributed by atoms with van der Waals surface area (Å²) in [5.41, 5.74) is 0.947. The molecular formula is C16H18N2O5. The summed E-state index contributed by atoms with van der Waals surface area (Å²) in [6.45, 7) is 1.22. The Morgan fingerprint density at radius 3 is 2.57 bits per heavy atom. The highest BCUT2D eigenvalue weighted by Gasteiger charge is 2.16. The van der Waals surface area contributed by atoms with Gasteiger partial charge in [0.1, 0.15) is 0 Å². The summed E-state index contributed by atoms with van der Waals surface area (Å²) in [5.74, 6) is -1.95. The summed E-state index contributed by atoms with van der Waals surface area (Å²) in [5, 5.41) is 13.7. The molecule has 1 fully saturated rings. The van der Waals surface area contributed by atoms with Crippen molar-refractivity contribution in [1.82, 2.24) is 5.32 Å². The Kier molecular flexibility index (Phi) is 5.87. The number of nitrogens with one attached hydrogen (secondary N) is 2. The Morgan fingerprint density at radius 2 is 1.96 bits per heavy atom. The van der Waals surface area contributed by atoms with Gasteiger partial charge in [0.05, 0.1) is 6.10 Å². The minimum atomic E-state index is -1.20. The van der Waals surface area contributed by atoms with Gasteiger partial charge >= 0.3 is 5.97 Å². The predicted octanol–water partition coefficient (Wildman–Crippen LogP) is 1.17. The van der Waals surface area contributed by atoms with Crippen molar-refractivity contribution in [3.05, 3.63) is 42.0 Å². The Hall–Kier alpha value is -2.67. The summed E-state index contributed by atoms with van der Waals surface area (Å²) in [6.07, 6.45) is 3.73. The average molecular weight is 318 g/mol. The van der Waals surface area contributed by atoms with Crippen LogP contribution in [0.15, 0.2) is 36.4 Å². The summed E-state index contributed by atoms with van der Waals surface area (Å²) in [7, 11) is 0. The van der Waals surface area contributed by atoms with Crippen LogP contribution in [0.2, 0.25) is 0 Å². The number of carbonyl (C=O) groups is 3. The molecule has 0 bridgehead atoms. The Labute approximate surface area is 133 Å². The number of carboxylic acids is 1. The van der Waals surface area contributed by atoms with Gasteiger partial charge in [-0.15, -0.1) is 0 Å². The van der Waals surface area contributed by atoms with E-state index in [2.05, 4.69) is 10.6 Å². The SMILES string of the molecule is O=C(O)/C=C/C(=O)Nc1ccc(C(=O)NCC2CCCO2)cc1. The van der Waals surface area contributed by atoms with E-state index in [9.17, 15) is 14.4 Å². The number of benzene rings is 1. The predicted molar refractivity (Wildman–Crippen MR) is 83.2 cm³/mol. The first kappa shape index (κ1) is 16.7. The largest absolute Gasteiger partial charge is 0.478 e. The molecule has 0 aliphatic carbocycles. The second-order valence-corrected chi connectivity index (χ2v) is 5.08. The Morgan fingerprint density at radius 1 is 1.22 bits per heavy atom. The highest BCUT2D eigenvalue weighted by Crippen LogP contribution is 2.12. The van der Waals surface area contributed by atoms with Gasteiger partial charge in [-0.3, -0.25) is 9.59 Å². The molecule has 3 N–H and O–H groups in total. The summed E-state index contributed by atoms with van der Waals surface area (Å²) < 4.78 is 5.43. The number of aliphatic carboxylic acids is 1. The van der Waals surface area contributed by atoms with Gasteiger partial charge in [-0.2, -0.15) is 0 Å². The van der Waals surface area contributed by atoms with Gasteiger partial charge < -0.3 is 20.5 Å². The lowest BCUT2D eigenvalue weighted by Gasteiger charge is -2.11. The number of hydrogen-bond acceptors (Lipinski definition) is 4. The van der Waals surface area contributed by atoms with Crippen LogP contribution < -0.4 is 10.6 Å². The van der Waals surface area contributed by atoms with Gasteiger partial charge in [0, 0.05) is 36.6 Å². The van der Waals surface area contributed by atoms with E-state index in [1.165, 1.54) is 0 Å². The molecule has 1 heterocycles. The number of ether oxygens (including phenoxy) is 1. The fourth-order valence-electron chi connectivity index (χ4n) is 2.15. The van der Waals surface area contributed by atoms with Crippen molar-refractivity contribution in [2.24, 2.45) is 0 Å². The smallest absolute Gasteiger partial charge is 0.328 e. The van der Waals surface area contributed by atoms with Gasteiger partial charge in [0.2, 0.25) is 5.91 Å². The molecule has 1 aromatic rings. The van der Waals surface area contributed by atoms with Crippen LogP contribution in [-0.4, -0.2) is 42.1 Å². The van der Waals surface area contributed by atoms with Crippen LogP contribution in [0.4, 0.5) is 5.69 Å². The fraction of sp³-hybridized carbons (Fsp3) is 0.312. The zero-order valence-corrected chi connectivity index (χ0v) is 12.5. The molecule has 1 atom stereocenters. The zero-order valence-electron chi connectivity index (χ0n) is 12.5. The molecule has 122 valence electrons. The third kappa shape index (κ3) is 5.55. The minimum absolute atomic E-state index is 0.0820. The van der Waals surface area contributed by atoms with Crippen LogP contribution in [0.5, 0.6) is 0 Å². The molecule has 7 nitrogen and oxygen atoms in total. The van der Waals surface area contributed by atoms with Gasteiger partial charge in [-0.25, -0.2) is 4.79 Å². The van der Waals surface area contributed by atoms with E-state index < -0.39 is 11.9 Å². The first-order valence-corrected chi connectivity index (χ1v) is 7.26. The van der Waals surface area contributed by atoms with Crippen LogP contribution >= 0.6 is 0 Å². The van der Waals surface area contributed by atoms with Crippen LogP contribution in [0.1, 0.15) is 23.2 Å². The highest BCUT2D eigenvalue weighted by molar-refractivity contribution is 6.02. The Bertz CT molecular complexity index is 603. The molecule has 2 amide bonds. The van der Waals surface area contributed by atoms with Gasteiger partial charge in [0.15, 0.2) is 0 Å². The average Bonchev–Trinajstić information content (AvgIpc) is 3.05. The monoisotopic (exact) mass is 318 g/mol. The molecular weight excluding hydrogens is 300 g/mol. The van der Waals surface area contributed by atoms with E-state index in [4.69, 9.17) is 9.84 Å². The van der Waals surface area contributed by atoms with E-state index >= 15 is 0 Å². The second kappa shape index (κ2) is 8.09. The lowest BCUT2D eigenvalue weighted by Crippen LogP contribution is -2.31. The molecule has 7 heteroatoms. The van der Waals surface area contributed by atoms with Crippen molar-refractivity contribution in [2.45, 2.75) is 18.9 Å². The summed E-state index contributed by atoms with van der Waals surface area (Å²) in [6, 6.07) is 6.32. The van der Waals surface area contributed by atoms with Crippen molar-refractivity contribution < 1.29 is 24.2 Å². The zero-order chi connectivity index (χ0) is 16.7. The maximum atomic E-state index is 12.0. The third-order valence-corrected chi connectivity index (χ3v) is 3.31. The molecule has 0 spiro atoms. The fourth-order valence-corrected chi connectivity index (χ4v) is 2.15. The van der Waals surface area contributed by atoms with Gasteiger partial charge in [0.25, 0.3) is 5.91 Å². The molecule has 1 aliphatic rings. The highest BCUT2D eigenvalue weighted by atomic mass is 16.5. The second-order valence-electron chi connectivity index (χ2n) is 5.08. The quantitative estimate of drug-likeness (QED) is 0.683. The molecule has 23 heavy (non-hydrogen) atoms. The Balaban J connectivity index is 1.84. The van der Waals surface area contributed by atoms with Crippen LogP contribution in [0.3, 0.4) is 0 Å². The molecule has 0 radical (unpaired) electrons. The first-order chi connectivity index (χ1) is 11.0. The van der Waals surface area contributed by atoms with Gasteiger partial charge in [-0.1, -0.05) is 0 Å². The number of anilines is 1. The number of amides is 2. The standard InChI is InChI=1S/C16H18N2O5/c19-14(7-8-15(20)21)18-12-5-3-11(4-6-12)16(22)17-10-13-2-1-9-23-13/h3-8,13H,1-2,9-10H2,(H,17,22)(H,18,19)(H,20,21)/b8-7+. The van der Waals surface area contributed by atoms with Crippen molar-refractivity contribution in [2.75, 3.05) is 18.5 Å². The van der Waals surface area contributed by atoms with E-state index in [0.29, 0.717) is 17.8 Å². The summed E-state index contributed by atoms with van der Waals surface area (Å²) >= 11 is 0. The van der Waals surface area contributed by atoms with Crippen LogP contribution in [0, 0.1) is 0 Å². The molecule has 2 rings (SSSR count).